The molecule has 2 rings (SSSR count). The second-order valence-corrected chi connectivity index (χ2v) is 10.8. The van der Waals surface area contributed by atoms with Gasteiger partial charge in [-0.2, -0.15) is 0 Å². The van der Waals surface area contributed by atoms with Gasteiger partial charge < -0.3 is 40.1 Å². The summed E-state index contributed by atoms with van der Waals surface area (Å²) in [7, 11) is 0. The number of carbonyl (C=O) groups excluding carboxylic acids is 1. The Balaban J connectivity index is 1.81. The number of aryl methyl sites for hydroxylation is 1. The van der Waals surface area contributed by atoms with Crippen LogP contribution in [0, 0.1) is 6.92 Å². The van der Waals surface area contributed by atoms with E-state index in [1.165, 1.54) is 11.6 Å². The number of carbonyl (C=O) groups is 1. The lowest BCUT2D eigenvalue weighted by molar-refractivity contribution is -0.323. The van der Waals surface area contributed by atoms with E-state index in [0.717, 1.165) is 31.3 Å². The van der Waals surface area contributed by atoms with Crippen molar-refractivity contribution in [3.8, 4) is 11.5 Å². The first-order valence-corrected chi connectivity index (χ1v) is 13.1. The third-order valence-electron chi connectivity index (χ3n) is 7.07. The molecule has 0 amide bonds. The first-order valence-electron chi connectivity index (χ1n) is 13.1. The van der Waals surface area contributed by atoms with Gasteiger partial charge in [-0.25, -0.2) is 0 Å². The van der Waals surface area contributed by atoms with Crippen LogP contribution in [0.3, 0.4) is 0 Å². The summed E-state index contributed by atoms with van der Waals surface area (Å²) < 4.78 is 11.4. The van der Waals surface area contributed by atoms with Gasteiger partial charge in [-0.1, -0.05) is 23.3 Å². The Hall–Kier alpha value is -2.27. The number of allylic oxidation sites excluding steroid dienone is 4. The number of phenolic OH excluding ortho intramolecular Hbond substituents is 2. The van der Waals surface area contributed by atoms with Crippen LogP contribution in [0.2, 0.25) is 0 Å². The molecule has 1 aromatic rings. The maximum Gasteiger partial charge on any atom is 0.187 e. The van der Waals surface area contributed by atoms with E-state index in [1.54, 1.807) is 6.92 Å². The van der Waals surface area contributed by atoms with Crippen molar-refractivity contribution in [2.75, 3.05) is 6.61 Å². The third-order valence-corrected chi connectivity index (χ3v) is 7.07. The number of aromatic hydroxyl groups is 2. The van der Waals surface area contributed by atoms with E-state index in [2.05, 4.69) is 13.0 Å². The molecule has 9 nitrogen and oxygen atoms in total. The second kappa shape index (κ2) is 14.2. The summed E-state index contributed by atoms with van der Waals surface area (Å²) in [6.07, 6.45) is 2.59. The molecular weight excluding hydrogens is 492 g/mol. The molecular formula is C29H44O9. The number of rotatable bonds is 13. The number of aliphatic hydroxyl groups excluding tert-OH is 4. The maximum atomic E-state index is 11.2. The van der Waals surface area contributed by atoms with Gasteiger partial charge in [0.1, 0.15) is 35.9 Å². The van der Waals surface area contributed by atoms with Gasteiger partial charge in [-0.15, -0.1) is 0 Å². The molecule has 1 aliphatic rings. The maximum absolute atomic E-state index is 11.2. The molecule has 6 N–H and O–H groups in total. The Labute approximate surface area is 225 Å². The predicted octanol–water partition coefficient (Wildman–Crippen LogP) is 3.20. The topological polar surface area (TPSA) is 157 Å². The van der Waals surface area contributed by atoms with Crippen molar-refractivity contribution in [1.82, 2.24) is 0 Å². The summed E-state index contributed by atoms with van der Waals surface area (Å²) in [6.45, 7) is 8.95. The largest absolute Gasteiger partial charge is 0.508 e. The van der Waals surface area contributed by atoms with E-state index in [0.29, 0.717) is 30.3 Å². The van der Waals surface area contributed by atoms with Crippen LogP contribution in [0.1, 0.15) is 81.3 Å². The fraction of sp³-hybridized carbons (Fsp3) is 0.621. The minimum Gasteiger partial charge on any atom is -0.508 e. The molecule has 0 saturated carbocycles. The van der Waals surface area contributed by atoms with Crippen molar-refractivity contribution >= 4 is 6.29 Å². The number of phenols is 2. The van der Waals surface area contributed by atoms with Crippen molar-refractivity contribution < 1.29 is 44.9 Å². The highest BCUT2D eigenvalue weighted by atomic mass is 16.7. The van der Waals surface area contributed by atoms with Crippen LogP contribution in [0.4, 0.5) is 0 Å². The van der Waals surface area contributed by atoms with Crippen LogP contribution < -0.4 is 0 Å². The summed E-state index contributed by atoms with van der Waals surface area (Å²) in [5, 5.41) is 59.9. The van der Waals surface area contributed by atoms with E-state index in [9.17, 15) is 35.4 Å². The molecule has 1 aliphatic heterocycles. The van der Waals surface area contributed by atoms with Crippen LogP contribution in [-0.4, -0.2) is 79.8 Å². The van der Waals surface area contributed by atoms with E-state index >= 15 is 0 Å². The summed E-state index contributed by atoms with van der Waals surface area (Å²) in [6, 6.07) is 1.49. The lowest BCUT2D eigenvalue weighted by Crippen LogP contribution is -2.60. The lowest BCUT2D eigenvalue weighted by Gasteiger charge is -2.42. The minimum atomic E-state index is -1.47. The third kappa shape index (κ3) is 8.62. The molecule has 5 atom stereocenters. The quantitative estimate of drug-likeness (QED) is 0.165. The molecule has 0 radical (unpaired) electrons. The molecule has 0 aliphatic carbocycles. The van der Waals surface area contributed by atoms with Crippen LogP contribution in [0.25, 0.3) is 0 Å². The molecule has 0 spiro atoms. The van der Waals surface area contributed by atoms with Gasteiger partial charge in [0.05, 0.1) is 17.8 Å². The number of benzene rings is 1. The van der Waals surface area contributed by atoms with Crippen LogP contribution in [-0.2, 0) is 15.9 Å². The van der Waals surface area contributed by atoms with E-state index in [1.807, 2.05) is 26.8 Å². The zero-order valence-electron chi connectivity index (χ0n) is 23.1. The molecule has 0 unspecified atom stereocenters. The fourth-order valence-electron chi connectivity index (χ4n) is 4.55. The van der Waals surface area contributed by atoms with Crippen molar-refractivity contribution in [3.05, 3.63) is 46.1 Å². The average molecular weight is 537 g/mol. The predicted molar refractivity (Wildman–Crippen MR) is 143 cm³/mol. The second-order valence-electron chi connectivity index (χ2n) is 10.8. The van der Waals surface area contributed by atoms with Gasteiger partial charge in [0, 0.05) is 5.56 Å². The summed E-state index contributed by atoms with van der Waals surface area (Å²) >= 11 is 0. The lowest BCUT2D eigenvalue weighted by atomic mass is 9.96. The van der Waals surface area contributed by atoms with Crippen LogP contribution in [0.15, 0.2) is 29.4 Å². The number of aliphatic hydroxyl groups is 4. The fourth-order valence-corrected chi connectivity index (χ4v) is 4.55. The first-order chi connectivity index (χ1) is 17.8. The molecule has 0 aromatic heterocycles. The zero-order chi connectivity index (χ0) is 28.6. The monoisotopic (exact) mass is 536 g/mol. The van der Waals surface area contributed by atoms with Gasteiger partial charge in [0.25, 0.3) is 0 Å². The number of hydrogen-bond donors (Lipinski definition) is 6. The number of hydrogen-bond acceptors (Lipinski definition) is 9. The molecule has 1 heterocycles. The number of ether oxygens (including phenoxy) is 2. The first kappa shape index (κ1) is 31.9. The molecule has 38 heavy (non-hydrogen) atoms. The molecule has 1 aromatic carbocycles. The molecule has 1 saturated heterocycles. The van der Waals surface area contributed by atoms with Gasteiger partial charge >= 0.3 is 0 Å². The normalized spacial score (nSPS) is 25.0. The molecule has 214 valence electrons. The highest BCUT2D eigenvalue weighted by Gasteiger charge is 2.45. The Bertz CT molecular complexity index is 996. The average Bonchev–Trinajstić information content (AvgIpc) is 2.84. The Morgan fingerprint density at radius 2 is 1.71 bits per heavy atom. The summed E-state index contributed by atoms with van der Waals surface area (Å²) in [4.78, 5) is 11.2. The molecule has 9 heteroatoms. The van der Waals surface area contributed by atoms with E-state index < -0.39 is 42.9 Å². The molecule has 0 bridgehead atoms. The van der Waals surface area contributed by atoms with E-state index in [-0.39, 0.29) is 17.1 Å². The van der Waals surface area contributed by atoms with Gasteiger partial charge in [-0.05, 0) is 84.8 Å². The van der Waals surface area contributed by atoms with Crippen LogP contribution >= 0.6 is 0 Å². The minimum absolute atomic E-state index is 0.0242. The van der Waals surface area contributed by atoms with E-state index in [4.69, 9.17) is 9.47 Å². The highest BCUT2D eigenvalue weighted by molar-refractivity contribution is 5.83. The highest BCUT2D eigenvalue weighted by Crippen LogP contribution is 2.33. The smallest absolute Gasteiger partial charge is 0.187 e. The zero-order valence-corrected chi connectivity index (χ0v) is 23.1. The van der Waals surface area contributed by atoms with Crippen molar-refractivity contribution in [1.29, 1.82) is 0 Å². The van der Waals surface area contributed by atoms with Gasteiger partial charge in [0.15, 0.2) is 12.6 Å². The number of aldehydes is 1. The van der Waals surface area contributed by atoms with Gasteiger partial charge in [-0.3, -0.25) is 4.79 Å². The summed E-state index contributed by atoms with van der Waals surface area (Å²) in [5.41, 5.74) is 2.75. The van der Waals surface area contributed by atoms with Crippen molar-refractivity contribution in [3.63, 3.8) is 0 Å². The van der Waals surface area contributed by atoms with Crippen molar-refractivity contribution in [2.24, 2.45) is 0 Å². The Morgan fingerprint density at radius 1 is 1.05 bits per heavy atom. The van der Waals surface area contributed by atoms with Gasteiger partial charge in [0.2, 0.25) is 0 Å². The van der Waals surface area contributed by atoms with Crippen molar-refractivity contribution in [2.45, 2.75) is 109 Å². The summed E-state index contributed by atoms with van der Waals surface area (Å²) in [5.74, 6) is -0.195. The Morgan fingerprint density at radius 3 is 2.34 bits per heavy atom. The molecule has 1 fully saturated rings. The standard InChI is InChI=1S/C29H44O9/c1-17(8-6-9-18(2)11-12-20-22(32)14-19(3)21(15-30)24(20)33)10-7-13-29(4,5)38-28-27(36)26(35)25(34)23(16-31)37-28/h8,11,14-15,23,25-28,31-36H,6-7,9-10,12-13,16H2,1-5H3/t23-,25+,26+,27-,28+/m0/s1. The SMILES string of the molecule is CC(=CCc1c(O)cc(C)c(C=O)c1O)CCC=C(C)CCCC(C)(C)O[C@H]1O[C@@H](CO)[C@@H](O)[C@@H](O)[C@@H]1O. The Kier molecular flexibility index (Phi) is 11.9. The van der Waals surface area contributed by atoms with Crippen LogP contribution in [0.5, 0.6) is 11.5 Å².